The number of ether oxygens (including phenoxy) is 1. The number of hydrogen-bond donors (Lipinski definition) is 0. The number of aryl methyl sites for hydroxylation is 1. The summed E-state index contributed by atoms with van der Waals surface area (Å²) in [5.41, 5.74) is 0.0920. The van der Waals surface area contributed by atoms with E-state index in [4.69, 9.17) is 8.92 Å². The minimum Gasteiger partial charge on any atom is -0.493 e. The first-order valence-corrected chi connectivity index (χ1v) is 10.1. The largest absolute Gasteiger partial charge is 0.493 e. The second-order valence-corrected chi connectivity index (χ2v) is 7.22. The molecule has 0 aliphatic rings. The van der Waals surface area contributed by atoms with Crippen molar-refractivity contribution in [2.75, 3.05) is 19.5 Å². The van der Waals surface area contributed by atoms with Crippen LogP contribution in [0, 0.1) is 11.3 Å². The molecular weight excluding hydrogens is 423 g/mol. The van der Waals surface area contributed by atoms with Crippen molar-refractivity contribution in [2.24, 2.45) is 7.05 Å². The maximum atomic E-state index is 13.6. The molecule has 158 valence electrons. The number of aromatic nitrogens is 4. The first-order chi connectivity index (χ1) is 14.2. The van der Waals surface area contributed by atoms with E-state index in [-0.39, 0.29) is 47.9 Å². The molecule has 0 bridgehead atoms. The minimum absolute atomic E-state index is 0.0298. The molecule has 0 amide bonds. The van der Waals surface area contributed by atoms with E-state index in [0.717, 1.165) is 6.07 Å². The van der Waals surface area contributed by atoms with Crippen LogP contribution in [0.15, 0.2) is 24.3 Å². The van der Waals surface area contributed by atoms with E-state index in [1.54, 1.807) is 7.05 Å². The third-order valence-corrected chi connectivity index (χ3v) is 4.58. The molecule has 1 aromatic carbocycles. The van der Waals surface area contributed by atoms with E-state index in [2.05, 4.69) is 15.3 Å². The van der Waals surface area contributed by atoms with Crippen LogP contribution in [0.1, 0.15) is 17.7 Å². The van der Waals surface area contributed by atoms with Crippen molar-refractivity contribution >= 4 is 22.1 Å². The van der Waals surface area contributed by atoms with Gasteiger partial charge in [0.2, 0.25) is 0 Å². The summed E-state index contributed by atoms with van der Waals surface area (Å²) >= 11 is -1.44. The van der Waals surface area contributed by atoms with Crippen molar-refractivity contribution in [3.8, 4) is 23.1 Å². The van der Waals surface area contributed by atoms with Crippen LogP contribution in [-0.4, -0.2) is 43.7 Å². The van der Waals surface area contributed by atoms with Gasteiger partial charge < -0.3 is 4.74 Å². The Kier molecular flexibility index (Phi) is 6.33. The summed E-state index contributed by atoms with van der Waals surface area (Å²) in [7, 11) is 1.61. The Labute approximate surface area is 171 Å². The van der Waals surface area contributed by atoms with Gasteiger partial charge in [0, 0.05) is 25.3 Å². The van der Waals surface area contributed by atoms with Gasteiger partial charge in [0.25, 0.3) is 0 Å². The van der Waals surface area contributed by atoms with Crippen LogP contribution < -0.4 is 4.74 Å². The van der Waals surface area contributed by atoms with Crippen LogP contribution in [0.2, 0.25) is 0 Å². The van der Waals surface area contributed by atoms with Gasteiger partial charge >= 0.3 is 6.18 Å². The van der Waals surface area contributed by atoms with Gasteiger partial charge in [-0.15, -0.1) is 5.10 Å². The average molecular weight is 439 g/mol. The summed E-state index contributed by atoms with van der Waals surface area (Å²) in [6.07, 6.45) is -3.04. The normalized spacial score (nSPS) is 12.7. The topological polar surface area (TPSA) is 103 Å². The standard InChI is InChI=1S/C18H16F3N5O3S/c1-26-15-9-13(23-14(10-22)17(15)24-25-26)11-4-5-16(12(8-11)18(19,20)21)28-6-3-7-29-30(2)27/h4-5,8-9H,3,6-7H2,1-2H3. The maximum absolute atomic E-state index is 13.6. The Morgan fingerprint density at radius 3 is 2.70 bits per heavy atom. The van der Waals surface area contributed by atoms with Crippen molar-refractivity contribution in [1.29, 1.82) is 5.26 Å². The quantitative estimate of drug-likeness (QED) is 0.522. The number of hydrogen-bond acceptors (Lipinski definition) is 7. The second-order valence-electron chi connectivity index (χ2n) is 6.18. The van der Waals surface area contributed by atoms with Crippen LogP contribution in [0.3, 0.4) is 0 Å². The Morgan fingerprint density at radius 2 is 2.03 bits per heavy atom. The third kappa shape index (κ3) is 4.74. The Hall–Kier alpha value is -3.04. The van der Waals surface area contributed by atoms with Crippen molar-refractivity contribution in [1.82, 2.24) is 20.0 Å². The first-order valence-electron chi connectivity index (χ1n) is 8.62. The Bertz CT molecular complexity index is 1140. The molecule has 0 aliphatic heterocycles. The molecule has 0 N–H and O–H groups in total. The number of nitriles is 1. The summed E-state index contributed by atoms with van der Waals surface area (Å²) in [6, 6.07) is 6.97. The summed E-state index contributed by atoms with van der Waals surface area (Å²) in [5.74, 6) is -0.340. The highest BCUT2D eigenvalue weighted by molar-refractivity contribution is 7.79. The number of pyridine rings is 1. The van der Waals surface area contributed by atoms with E-state index in [0.29, 0.717) is 5.52 Å². The first kappa shape index (κ1) is 21.7. The number of nitrogens with zero attached hydrogens (tertiary/aromatic N) is 5. The zero-order chi connectivity index (χ0) is 21.9. The third-order valence-electron chi connectivity index (χ3n) is 4.08. The molecule has 0 spiro atoms. The van der Waals surface area contributed by atoms with Gasteiger partial charge in [-0.2, -0.15) is 18.4 Å². The Morgan fingerprint density at radius 1 is 1.27 bits per heavy atom. The summed E-state index contributed by atoms with van der Waals surface area (Å²) in [5, 5.41) is 17.0. The molecule has 3 rings (SSSR count). The van der Waals surface area contributed by atoms with Crippen LogP contribution >= 0.6 is 0 Å². The van der Waals surface area contributed by atoms with E-state index in [9.17, 15) is 22.6 Å². The summed E-state index contributed by atoms with van der Waals surface area (Å²) < 4.78 is 63.1. The molecule has 0 saturated carbocycles. The average Bonchev–Trinajstić information content (AvgIpc) is 3.07. The Balaban J connectivity index is 1.94. The number of benzene rings is 1. The van der Waals surface area contributed by atoms with Crippen LogP contribution in [0.25, 0.3) is 22.3 Å². The highest BCUT2D eigenvalue weighted by Gasteiger charge is 2.35. The van der Waals surface area contributed by atoms with Gasteiger partial charge in [0.05, 0.1) is 30.0 Å². The fraction of sp³-hybridized carbons (Fsp3) is 0.333. The van der Waals surface area contributed by atoms with Crippen molar-refractivity contribution in [3.05, 3.63) is 35.5 Å². The lowest BCUT2D eigenvalue weighted by molar-refractivity contribution is -0.138. The lowest BCUT2D eigenvalue weighted by Crippen LogP contribution is -2.11. The lowest BCUT2D eigenvalue weighted by Gasteiger charge is -2.15. The molecule has 1 unspecified atom stereocenters. The van der Waals surface area contributed by atoms with Crippen LogP contribution in [-0.2, 0) is 28.5 Å². The predicted molar refractivity (Wildman–Crippen MR) is 102 cm³/mol. The zero-order valence-corrected chi connectivity index (χ0v) is 16.8. The molecule has 0 radical (unpaired) electrons. The van der Waals surface area contributed by atoms with Gasteiger partial charge in [0.1, 0.15) is 17.3 Å². The van der Waals surface area contributed by atoms with E-state index in [1.165, 1.54) is 29.1 Å². The molecule has 2 aromatic heterocycles. The monoisotopic (exact) mass is 439 g/mol. The second kappa shape index (κ2) is 8.76. The van der Waals surface area contributed by atoms with Crippen LogP contribution in [0.4, 0.5) is 13.2 Å². The maximum Gasteiger partial charge on any atom is 0.419 e. The molecule has 0 fully saturated rings. The molecule has 3 aromatic rings. The molecule has 2 heterocycles. The molecule has 8 nitrogen and oxygen atoms in total. The number of halogens is 3. The van der Waals surface area contributed by atoms with E-state index >= 15 is 0 Å². The predicted octanol–water partition coefficient (Wildman–Crippen LogP) is 3.00. The van der Waals surface area contributed by atoms with Gasteiger partial charge in [0.15, 0.2) is 16.8 Å². The van der Waals surface area contributed by atoms with Gasteiger partial charge in [-0.05, 0) is 24.3 Å². The fourth-order valence-electron chi connectivity index (χ4n) is 2.71. The SMILES string of the molecule is Cn1nnc2c(C#N)nc(-c3ccc(OCCCOS(C)=O)c(C(F)(F)F)c3)cc21. The van der Waals surface area contributed by atoms with Gasteiger partial charge in [-0.3, -0.25) is 4.18 Å². The van der Waals surface area contributed by atoms with E-state index in [1.807, 2.05) is 6.07 Å². The summed E-state index contributed by atoms with van der Waals surface area (Å²) in [4.78, 5) is 4.13. The molecule has 30 heavy (non-hydrogen) atoms. The van der Waals surface area contributed by atoms with Gasteiger partial charge in [-0.25, -0.2) is 13.9 Å². The molecule has 0 aliphatic carbocycles. The molecule has 0 saturated heterocycles. The number of alkyl halides is 3. The fourth-order valence-corrected chi connectivity index (χ4v) is 3.06. The van der Waals surface area contributed by atoms with Crippen molar-refractivity contribution in [3.63, 3.8) is 0 Å². The molecular formula is C18H16F3N5O3S. The van der Waals surface area contributed by atoms with Gasteiger partial charge in [-0.1, -0.05) is 5.21 Å². The highest BCUT2D eigenvalue weighted by Crippen LogP contribution is 2.39. The smallest absolute Gasteiger partial charge is 0.419 e. The number of rotatable bonds is 7. The highest BCUT2D eigenvalue weighted by atomic mass is 32.2. The molecule has 12 heteroatoms. The van der Waals surface area contributed by atoms with Crippen molar-refractivity contribution < 1.29 is 26.3 Å². The zero-order valence-electron chi connectivity index (χ0n) is 15.9. The molecule has 1 atom stereocenters. The lowest BCUT2D eigenvalue weighted by atomic mass is 10.1. The van der Waals surface area contributed by atoms with Crippen LogP contribution in [0.5, 0.6) is 5.75 Å². The van der Waals surface area contributed by atoms with Crippen molar-refractivity contribution in [2.45, 2.75) is 12.6 Å². The minimum atomic E-state index is -4.66. The summed E-state index contributed by atoms with van der Waals surface area (Å²) in [6.45, 7) is 0.0608. The number of fused-ring (bicyclic) bond motifs is 1. The van der Waals surface area contributed by atoms with E-state index < -0.39 is 22.8 Å².